The van der Waals surface area contributed by atoms with E-state index in [-0.39, 0.29) is 10.9 Å². The van der Waals surface area contributed by atoms with Crippen LogP contribution in [-0.2, 0) is 0 Å². The Hall–Kier alpha value is -2.91. The van der Waals surface area contributed by atoms with E-state index >= 15 is 4.39 Å². The zero-order chi connectivity index (χ0) is 24.2. The van der Waals surface area contributed by atoms with E-state index < -0.39 is 0 Å². The van der Waals surface area contributed by atoms with E-state index in [9.17, 15) is 0 Å². The summed E-state index contributed by atoms with van der Waals surface area (Å²) in [5.74, 6) is -0.243. The summed E-state index contributed by atoms with van der Waals surface area (Å²) in [5.41, 5.74) is 12.9. The highest BCUT2D eigenvalue weighted by molar-refractivity contribution is 7.80. The Morgan fingerprint density at radius 3 is 2.47 bits per heavy atom. The van der Waals surface area contributed by atoms with Crippen LogP contribution >= 0.6 is 12.2 Å². The second-order valence-electron chi connectivity index (χ2n) is 9.26. The quantitative estimate of drug-likeness (QED) is 0.372. The van der Waals surface area contributed by atoms with Crippen LogP contribution in [0.2, 0.25) is 0 Å². The van der Waals surface area contributed by atoms with Gasteiger partial charge >= 0.3 is 0 Å². The molecule has 34 heavy (non-hydrogen) atoms. The molecule has 9 heteroatoms. The van der Waals surface area contributed by atoms with Crippen molar-refractivity contribution in [3.8, 4) is 0 Å². The topological polar surface area (TPSA) is 63.4 Å². The molecule has 2 saturated heterocycles. The van der Waals surface area contributed by atoms with Crippen LogP contribution in [0.15, 0.2) is 41.5 Å². The first kappa shape index (κ1) is 24.2. The number of nitrogens with two attached hydrogens (primary N) is 1. The molecule has 0 aliphatic carbocycles. The van der Waals surface area contributed by atoms with Crippen LogP contribution in [0.25, 0.3) is 0 Å². The van der Waals surface area contributed by atoms with Gasteiger partial charge < -0.3 is 25.3 Å². The maximum atomic E-state index is 15.4. The minimum atomic E-state index is -0.243. The summed E-state index contributed by atoms with van der Waals surface area (Å²) in [7, 11) is 4.21. The second-order valence-corrected chi connectivity index (χ2v) is 9.70. The molecular weight excluding hydrogens is 449 g/mol. The molecular formula is C25H34FN7S. The zero-order valence-electron chi connectivity index (χ0n) is 20.2. The van der Waals surface area contributed by atoms with Crippen LogP contribution in [0.3, 0.4) is 0 Å². The Morgan fingerprint density at radius 2 is 1.82 bits per heavy atom. The Morgan fingerprint density at radius 1 is 1.09 bits per heavy atom. The van der Waals surface area contributed by atoms with E-state index in [0.29, 0.717) is 17.3 Å². The van der Waals surface area contributed by atoms with Crippen LogP contribution in [0.5, 0.6) is 0 Å². The largest absolute Gasteiger partial charge is 0.375 e. The number of likely N-dealkylation sites (N-methyl/N-ethyl adjacent to an activating group) is 1. The fourth-order valence-corrected chi connectivity index (χ4v) is 4.82. The third kappa shape index (κ3) is 5.59. The Labute approximate surface area is 207 Å². The summed E-state index contributed by atoms with van der Waals surface area (Å²) in [6, 6.07) is 12.6. The number of halogens is 1. The fourth-order valence-electron chi connectivity index (χ4n) is 4.76. The van der Waals surface area contributed by atoms with Crippen LogP contribution in [0, 0.1) is 12.7 Å². The molecule has 0 amide bonds. The molecule has 1 unspecified atom stereocenters. The van der Waals surface area contributed by atoms with Crippen molar-refractivity contribution in [2.24, 2.45) is 10.8 Å². The van der Waals surface area contributed by atoms with E-state index in [1.165, 1.54) is 11.3 Å². The Bertz CT molecular complexity index is 1050. The number of rotatable bonds is 6. The summed E-state index contributed by atoms with van der Waals surface area (Å²) in [5, 5.41) is 4.17. The molecule has 2 fully saturated rings. The lowest BCUT2D eigenvalue weighted by atomic mass is 10.1. The van der Waals surface area contributed by atoms with Gasteiger partial charge in [0.1, 0.15) is 5.82 Å². The smallest absolute Gasteiger partial charge is 0.184 e. The summed E-state index contributed by atoms with van der Waals surface area (Å²) in [6.45, 7) is 7.15. The monoisotopic (exact) mass is 483 g/mol. The van der Waals surface area contributed by atoms with Gasteiger partial charge in [-0.25, -0.2) is 4.39 Å². The molecule has 2 aromatic carbocycles. The average molecular weight is 484 g/mol. The summed E-state index contributed by atoms with van der Waals surface area (Å²) in [4.78, 5) is 9.08. The van der Waals surface area contributed by atoms with E-state index in [1.54, 1.807) is 12.3 Å². The summed E-state index contributed by atoms with van der Waals surface area (Å²) in [6.07, 6.45) is 2.66. The molecule has 3 N–H and O–H groups in total. The van der Waals surface area contributed by atoms with Gasteiger partial charge in [0.05, 0.1) is 11.9 Å². The number of hydrogen-bond acceptors (Lipinski definition) is 6. The lowest BCUT2D eigenvalue weighted by molar-refractivity contribution is 0.315. The van der Waals surface area contributed by atoms with Crippen molar-refractivity contribution in [2.75, 3.05) is 68.1 Å². The van der Waals surface area contributed by atoms with Gasteiger partial charge in [-0.1, -0.05) is 12.1 Å². The van der Waals surface area contributed by atoms with Gasteiger partial charge in [-0.2, -0.15) is 5.10 Å². The molecule has 0 aromatic heterocycles. The van der Waals surface area contributed by atoms with Crippen molar-refractivity contribution in [1.29, 1.82) is 0 Å². The SMILES string of the molecule is Cc1cccc(N2CCN(c3cc(N4CCC(N(C)C)C4)c(C=NNC(N)=S)cc3F)CC2)c1. The van der Waals surface area contributed by atoms with Gasteiger partial charge in [0, 0.05) is 62.2 Å². The maximum absolute atomic E-state index is 15.4. The van der Waals surface area contributed by atoms with Crippen LogP contribution < -0.4 is 25.9 Å². The first-order valence-electron chi connectivity index (χ1n) is 11.7. The van der Waals surface area contributed by atoms with Gasteiger partial charge in [-0.15, -0.1) is 0 Å². The summed E-state index contributed by atoms with van der Waals surface area (Å²) < 4.78 is 15.4. The molecule has 182 valence electrons. The van der Waals surface area contributed by atoms with Crippen molar-refractivity contribution >= 4 is 40.6 Å². The standard InChI is InChI=1S/C25H34FN7S/c1-18-5-4-6-20(13-18)31-9-11-32(12-10-31)24-15-23(33-8-7-21(17-33)30(2)3)19(14-22(24)26)16-28-29-25(27)34/h4-6,13-16,21H,7-12,17H2,1-3H3,(H3,27,29,34). The molecule has 0 bridgehead atoms. The normalized spacial score (nSPS) is 18.9. The number of hydrogen-bond donors (Lipinski definition) is 2. The molecule has 7 nitrogen and oxygen atoms in total. The molecule has 2 heterocycles. The molecule has 2 aliphatic heterocycles. The Balaban J connectivity index is 1.57. The number of nitrogens with one attached hydrogen (secondary N) is 1. The maximum Gasteiger partial charge on any atom is 0.184 e. The van der Waals surface area contributed by atoms with Crippen molar-refractivity contribution in [3.05, 3.63) is 53.3 Å². The van der Waals surface area contributed by atoms with Crippen LogP contribution in [0.4, 0.5) is 21.5 Å². The predicted octanol–water partition coefficient (Wildman–Crippen LogP) is 2.77. The summed E-state index contributed by atoms with van der Waals surface area (Å²) >= 11 is 4.83. The van der Waals surface area contributed by atoms with Gasteiger partial charge in [0.25, 0.3) is 0 Å². The van der Waals surface area contributed by atoms with Crippen molar-refractivity contribution < 1.29 is 4.39 Å². The van der Waals surface area contributed by atoms with Crippen molar-refractivity contribution in [1.82, 2.24) is 10.3 Å². The number of piperazine rings is 1. The van der Waals surface area contributed by atoms with Gasteiger partial charge in [-0.05, 0) is 69.5 Å². The number of aryl methyl sites for hydroxylation is 1. The average Bonchev–Trinajstić information content (AvgIpc) is 3.30. The molecule has 1 atom stereocenters. The Kier molecular flexibility index (Phi) is 7.53. The van der Waals surface area contributed by atoms with E-state index in [2.05, 4.69) is 75.4 Å². The van der Waals surface area contributed by atoms with E-state index in [1.807, 2.05) is 6.07 Å². The molecule has 0 radical (unpaired) electrons. The fraction of sp³-hybridized carbons (Fsp3) is 0.440. The minimum absolute atomic E-state index is 0.0789. The third-order valence-electron chi connectivity index (χ3n) is 6.70. The van der Waals surface area contributed by atoms with Gasteiger partial charge in [-0.3, -0.25) is 5.43 Å². The lowest BCUT2D eigenvalue weighted by Gasteiger charge is -2.38. The van der Waals surface area contributed by atoms with Crippen molar-refractivity contribution in [3.63, 3.8) is 0 Å². The number of thiocarbonyl (C=S) groups is 1. The van der Waals surface area contributed by atoms with Gasteiger partial charge in [0.2, 0.25) is 0 Å². The highest BCUT2D eigenvalue weighted by atomic mass is 32.1. The lowest BCUT2D eigenvalue weighted by Crippen LogP contribution is -2.47. The number of anilines is 3. The van der Waals surface area contributed by atoms with Crippen molar-refractivity contribution in [2.45, 2.75) is 19.4 Å². The predicted molar refractivity (Wildman–Crippen MR) is 144 cm³/mol. The number of benzene rings is 2. The van der Waals surface area contributed by atoms with Gasteiger partial charge in [0.15, 0.2) is 5.11 Å². The second kappa shape index (κ2) is 10.6. The number of hydrazone groups is 1. The molecule has 2 aromatic rings. The highest BCUT2D eigenvalue weighted by Gasteiger charge is 2.28. The van der Waals surface area contributed by atoms with Crippen LogP contribution in [-0.4, -0.2) is 75.6 Å². The van der Waals surface area contributed by atoms with E-state index in [4.69, 9.17) is 18.0 Å². The molecule has 2 aliphatic rings. The molecule has 0 saturated carbocycles. The van der Waals surface area contributed by atoms with E-state index in [0.717, 1.165) is 51.4 Å². The third-order valence-corrected chi connectivity index (χ3v) is 6.79. The molecule has 0 spiro atoms. The highest BCUT2D eigenvalue weighted by Crippen LogP contribution is 2.33. The van der Waals surface area contributed by atoms with Crippen LogP contribution in [0.1, 0.15) is 17.5 Å². The zero-order valence-corrected chi connectivity index (χ0v) is 21.0. The molecule has 4 rings (SSSR count). The first-order valence-corrected chi connectivity index (χ1v) is 12.1. The first-order chi connectivity index (χ1) is 16.3. The minimum Gasteiger partial charge on any atom is -0.375 e. The number of nitrogens with zero attached hydrogens (tertiary/aromatic N) is 5.